The lowest BCUT2D eigenvalue weighted by Gasteiger charge is -2.18. The summed E-state index contributed by atoms with van der Waals surface area (Å²) < 4.78 is 41.3. The molecular formula is C22H20ClFN2O3S. The van der Waals surface area contributed by atoms with Gasteiger partial charge in [0.05, 0.1) is 5.02 Å². The molecule has 3 rings (SSSR count). The Bertz CT molecular complexity index is 1150. The highest BCUT2D eigenvalue weighted by Gasteiger charge is 2.21. The Kier molecular flexibility index (Phi) is 6.87. The SMILES string of the molecule is CN(Cc1cccc(F)c1)C(=O)c1ccc(Cl)c(S(=O)(=O)NCc2ccccc2)c1. The summed E-state index contributed by atoms with van der Waals surface area (Å²) in [5.74, 6) is -0.798. The van der Waals surface area contributed by atoms with Crippen LogP contribution >= 0.6 is 11.6 Å². The van der Waals surface area contributed by atoms with E-state index >= 15 is 0 Å². The molecule has 8 heteroatoms. The number of sulfonamides is 1. The van der Waals surface area contributed by atoms with Crippen LogP contribution in [-0.4, -0.2) is 26.3 Å². The molecular weight excluding hydrogens is 427 g/mol. The second-order valence-electron chi connectivity index (χ2n) is 6.75. The second kappa shape index (κ2) is 9.38. The Balaban J connectivity index is 1.78. The van der Waals surface area contributed by atoms with Crippen molar-refractivity contribution in [1.29, 1.82) is 0 Å². The first-order valence-electron chi connectivity index (χ1n) is 9.09. The molecule has 0 heterocycles. The van der Waals surface area contributed by atoms with E-state index in [1.165, 1.54) is 35.2 Å². The van der Waals surface area contributed by atoms with E-state index in [1.807, 2.05) is 18.2 Å². The number of carbonyl (C=O) groups is 1. The van der Waals surface area contributed by atoms with Crippen LogP contribution in [0.3, 0.4) is 0 Å². The van der Waals surface area contributed by atoms with Crippen LogP contribution in [0.15, 0.2) is 77.7 Å². The van der Waals surface area contributed by atoms with E-state index in [1.54, 1.807) is 31.3 Å². The topological polar surface area (TPSA) is 66.5 Å². The summed E-state index contributed by atoms with van der Waals surface area (Å²) in [5, 5.41) is 0.0138. The molecule has 3 aromatic carbocycles. The van der Waals surface area contributed by atoms with Crippen molar-refractivity contribution >= 4 is 27.5 Å². The molecule has 0 saturated heterocycles. The smallest absolute Gasteiger partial charge is 0.253 e. The van der Waals surface area contributed by atoms with E-state index in [0.717, 1.165) is 5.56 Å². The highest BCUT2D eigenvalue weighted by Crippen LogP contribution is 2.24. The van der Waals surface area contributed by atoms with Crippen molar-refractivity contribution in [1.82, 2.24) is 9.62 Å². The summed E-state index contributed by atoms with van der Waals surface area (Å²) in [6, 6.07) is 19.1. The Hall–Kier alpha value is -2.74. The lowest BCUT2D eigenvalue weighted by Crippen LogP contribution is -2.27. The molecule has 0 aliphatic carbocycles. The molecule has 0 radical (unpaired) electrons. The van der Waals surface area contributed by atoms with Crippen molar-refractivity contribution in [3.8, 4) is 0 Å². The van der Waals surface area contributed by atoms with Crippen molar-refractivity contribution in [3.63, 3.8) is 0 Å². The van der Waals surface area contributed by atoms with Crippen molar-refractivity contribution < 1.29 is 17.6 Å². The molecule has 0 aromatic heterocycles. The average Bonchev–Trinajstić information content (AvgIpc) is 2.73. The third-order valence-electron chi connectivity index (χ3n) is 4.43. The molecule has 0 aliphatic heterocycles. The maximum atomic E-state index is 13.4. The Morgan fingerprint density at radius 2 is 1.70 bits per heavy atom. The highest BCUT2D eigenvalue weighted by atomic mass is 35.5. The lowest BCUT2D eigenvalue weighted by molar-refractivity contribution is 0.0784. The van der Waals surface area contributed by atoms with Gasteiger partial charge in [-0.2, -0.15) is 0 Å². The minimum atomic E-state index is -3.94. The minimum absolute atomic E-state index is 0.0138. The standard InChI is InChI=1S/C22H20ClFN2O3S/c1-26(15-17-8-5-9-19(24)12-17)22(27)18-10-11-20(23)21(13-18)30(28,29)25-14-16-6-3-2-4-7-16/h2-13,25H,14-15H2,1H3. The molecule has 0 atom stereocenters. The molecule has 0 aliphatic rings. The summed E-state index contributed by atoms with van der Waals surface area (Å²) >= 11 is 6.11. The van der Waals surface area contributed by atoms with E-state index < -0.39 is 21.7 Å². The van der Waals surface area contributed by atoms with Crippen LogP contribution in [-0.2, 0) is 23.1 Å². The molecule has 0 saturated carbocycles. The monoisotopic (exact) mass is 446 g/mol. The van der Waals surface area contributed by atoms with E-state index in [9.17, 15) is 17.6 Å². The van der Waals surface area contributed by atoms with Crippen molar-refractivity contribution in [2.45, 2.75) is 18.0 Å². The first kappa shape index (κ1) is 22.0. The number of hydrogen-bond donors (Lipinski definition) is 1. The van der Waals surface area contributed by atoms with Crippen LogP contribution in [0.25, 0.3) is 0 Å². The van der Waals surface area contributed by atoms with E-state index in [2.05, 4.69) is 4.72 Å². The molecule has 156 valence electrons. The molecule has 30 heavy (non-hydrogen) atoms. The molecule has 5 nitrogen and oxygen atoms in total. The van der Waals surface area contributed by atoms with Gasteiger partial charge in [-0.1, -0.05) is 54.1 Å². The fourth-order valence-electron chi connectivity index (χ4n) is 2.90. The molecule has 0 unspecified atom stereocenters. The number of nitrogens with zero attached hydrogens (tertiary/aromatic N) is 1. The zero-order valence-corrected chi connectivity index (χ0v) is 17.8. The number of halogens is 2. The summed E-state index contributed by atoms with van der Waals surface area (Å²) in [5.41, 5.74) is 1.58. The lowest BCUT2D eigenvalue weighted by atomic mass is 10.1. The highest BCUT2D eigenvalue weighted by molar-refractivity contribution is 7.89. The van der Waals surface area contributed by atoms with Crippen LogP contribution < -0.4 is 4.72 Å². The first-order chi connectivity index (χ1) is 14.3. The first-order valence-corrected chi connectivity index (χ1v) is 11.0. The summed E-state index contributed by atoms with van der Waals surface area (Å²) in [6.07, 6.45) is 0. The van der Waals surface area contributed by atoms with Crippen molar-refractivity contribution in [3.05, 3.63) is 100 Å². The molecule has 0 spiro atoms. The van der Waals surface area contributed by atoms with Gasteiger partial charge >= 0.3 is 0 Å². The predicted molar refractivity (Wildman–Crippen MR) is 114 cm³/mol. The van der Waals surface area contributed by atoms with Gasteiger partial charge in [-0.15, -0.1) is 0 Å². The van der Waals surface area contributed by atoms with Gasteiger partial charge in [0.25, 0.3) is 5.91 Å². The van der Waals surface area contributed by atoms with Crippen molar-refractivity contribution in [2.75, 3.05) is 7.05 Å². The predicted octanol–water partition coefficient (Wildman–Crippen LogP) is 4.23. The van der Waals surface area contributed by atoms with Gasteiger partial charge in [0.2, 0.25) is 10.0 Å². The normalized spacial score (nSPS) is 11.3. The average molecular weight is 447 g/mol. The third kappa shape index (κ3) is 5.44. The summed E-state index contributed by atoms with van der Waals surface area (Å²) in [4.78, 5) is 14.0. The van der Waals surface area contributed by atoms with Gasteiger partial charge in [-0.3, -0.25) is 4.79 Å². The Labute approximate surface area is 180 Å². The number of rotatable bonds is 7. The number of carbonyl (C=O) groups excluding carboxylic acids is 1. The van der Waals surface area contributed by atoms with Gasteiger partial charge in [-0.25, -0.2) is 17.5 Å². The van der Waals surface area contributed by atoms with Gasteiger partial charge in [0.1, 0.15) is 10.7 Å². The second-order valence-corrected chi connectivity index (χ2v) is 8.89. The van der Waals surface area contributed by atoms with Crippen LogP contribution in [0, 0.1) is 5.82 Å². The van der Waals surface area contributed by atoms with E-state index in [0.29, 0.717) is 5.56 Å². The molecule has 0 fully saturated rings. The maximum Gasteiger partial charge on any atom is 0.253 e. The molecule has 1 amide bonds. The molecule has 1 N–H and O–H groups in total. The maximum absolute atomic E-state index is 13.4. The number of amides is 1. The Morgan fingerprint density at radius 1 is 1.00 bits per heavy atom. The van der Waals surface area contributed by atoms with Crippen LogP contribution in [0.2, 0.25) is 5.02 Å². The minimum Gasteiger partial charge on any atom is -0.337 e. The fourth-order valence-corrected chi connectivity index (χ4v) is 4.44. The fraction of sp³-hybridized carbons (Fsp3) is 0.136. The number of nitrogens with one attached hydrogen (secondary N) is 1. The van der Waals surface area contributed by atoms with Gasteiger partial charge in [0.15, 0.2) is 0 Å². The van der Waals surface area contributed by atoms with E-state index in [-0.39, 0.29) is 28.6 Å². The van der Waals surface area contributed by atoms with E-state index in [4.69, 9.17) is 11.6 Å². The van der Waals surface area contributed by atoms with Crippen LogP contribution in [0.5, 0.6) is 0 Å². The molecule has 0 bridgehead atoms. The molecule has 3 aromatic rings. The summed E-state index contributed by atoms with van der Waals surface area (Å²) in [7, 11) is -2.38. The van der Waals surface area contributed by atoms with Gasteiger partial charge < -0.3 is 4.90 Å². The van der Waals surface area contributed by atoms with Crippen LogP contribution in [0.1, 0.15) is 21.5 Å². The van der Waals surface area contributed by atoms with Crippen molar-refractivity contribution in [2.24, 2.45) is 0 Å². The largest absolute Gasteiger partial charge is 0.337 e. The number of benzene rings is 3. The van der Waals surface area contributed by atoms with Gasteiger partial charge in [0, 0.05) is 25.7 Å². The number of hydrogen-bond acceptors (Lipinski definition) is 3. The zero-order valence-electron chi connectivity index (χ0n) is 16.2. The quantitative estimate of drug-likeness (QED) is 0.590. The summed E-state index contributed by atoms with van der Waals surface area (Å²) in [6.45, 7) is 0.269. The van der Waals surface area contributed by atoms with Crippen LogP contribution in [0.4, 0.5) is 4.39 Å². The van der Waals surface area contributed by atoms with Gasteiger partial charge in [-0.05, 0) is 41.5 Å². The zero-order chi connectivity index (χ0) is 21.7. The Morgan fingerprint density at radius 3 is 2.40 bits per heavy atom. The third-order valence-corrected chi connectivity index (χ3v) is 6.32.